The zero-order valence-corrected chi connectivity index (χ0v) is 23.6. The third-order valence-corrected chi connectivity index (χ3v) is 12.5. The van der Waals surface area contributed by atoms with Gasteiger partial charge in [0.2, 0.25) is 5.82 Å². The Balaban J connectivity index is 1.19. The molecule has 0 radical (unpaired) electrons. The number of hydrogen-bond donors (Lipinski definition) is 1. The normalized spacial score (nSPS) is 40.4. The van der Waals surface area contributed by atoms with Crippen LogP contribution in [0.3, 0.4) is 0 Å². The van der Waals surface area contributed by atoms with Gasteiger partial charge in [-0.05, 0) is 137 Å². The largest absolute Gasteiger partial charge is 0.358 e. The summed E-state index contributed by atoms with van der Waals surface area (Å²) in [6.07, 6.45) is 17.7. The van der Waals surface area contributed by atoms with Crippen molar-refractivity contribution >= 4 is 11.3 Å². The SMILES string of the molecule is Fc1c(F)c(F)c(C(=C2C=CC(C34CC5CC(CC(C5)C3)C4)=N2)c2ccc(C34CC5CC(CC(C5)C3)C4)[nH]2)c(F)c1F. The summed E-state index contributed by atoms with van der Waals surface area (Å²) in [5.41, 5.74) is 1.53. The first-order valence-corrected chi connectivity index (χ1v) is 15.9. The summed E-state index contributed by atoms with van der Waals surface area (Å²) in [7, 11) is 0. The molecule has 1 aromatic heterocycles. The van der Waals surface area contributed by atoms with Crippen LogP contribution in [-0.4, -0.2) is 10.7 Å². The average molecular weight is 579 g/mol. The maximum Gasteiger partial charge on any atom is 0.200 e. The van der Waals surface area contributed by atoms with E-state index < -0.39 is 34.6 Å². The number of allylic oxidation sites excluding steroid dienone is 2. The number of aliphatic imine (C=N–C) groups is 1. The number of hydrogen-bond acceptors (Lipinski definition) is 1. The fourth-order valence-electron chi connectivity index (χ4n) is 11.7. The predicted molar refractivity (Wildman–Crippen MR) is 150 cm³/mol. The van der Waals surface area contributed by atoms with Gasteiger partial charge < -0.3 is 4.98 Å². The zero-order chi connectivity index (χ0) is 28.5. The molecule has 8 aliphatic carbocycles. The minimum absolute atomic E-state index is 0.0156. The number of H-pyrrole nitrogens is 1. The number of nitrogens with one attached hydrogen (secondary N) is 1. The molecule has 0 saturated heterocycles. The van der Waals surface area contributed by atoms with E-state index in [0.717, 1.165) is 49.9 Å². The van der Waals surface area contributed by atoms with Crippen LogP contribution >= 0.6 is 0 Å². The van der Waals surface area contributed by atoms with Gasteiger partial charge in [0.25, 0.3) is 0 Å². The Morgan fingerprint density at radius 1 is 0.595 bits per heavy atom. The standard InChI is InChI=1S/C35H35F5N2/c36-29-28(30(37)32(39)33(40)31(29)38)27(23-1-3-25(41-23)34-11-17-5-18(12-34)7-19(6-17)13-34)24-2-4-26(42-24)35-14-20-8-21(15-35)10-22(9-20)16-35/h1-4,17-22,41H,5-16H2. The Morgan fingerprint density at radius 3 is 1.55 bits per heavy atom. The molecule has 1 N–H and O–H groups in total. The number of benzene rings is 1. The first kappa shape index (κ1) is 25.8. The molecule has 0 unspecified atom stereocenters. The van der Waals surface area contributed by atoms with E-state index in [1.807, 2.05) is 12.1 Å². The molecule has 0 spiro atoms. The second kappa shape index (κ2) is 8.69. The summed E-state index contributed by atoms with van der Waals surface area (Å²) in [5, 5.41) is 0. The van der Waals surface area contributed by atoms with Crippen LogP contribution in [-0.2, 0) is 5.41 Å². The Labute approximate surface area is 242 Å². The van der Waals surface area contributed by atoms with Crippen LogP contribution in [0.1, 0.15) is 94.0 Å². The quantitative estimate of drug-likeness (QED) is 0.213. The second-order valence-corrected chi connectivity index (χ2v) is 15.2. The van der Waals surface area contributed by atoms with E-state index in [9.17, 15) is 13.2 Å². The third-order valence-electron chi connectivity index (χ3n) is 12.5. The molecule has 220 valence electrons. The van der Waals surface area contributed by atoms with Gasteiger partial charge in [-0.15, -0.1) is 0 Å². The maximum atomic E-state index is 15.5. The number of aromatic nitrogens is 1. The van der Waals surface area contributed by atoms with Crippen molar-refractivity contribution in [3.8, 4) is 0 Å². The summed E-state index contributed by atoms with van der Waals surface area (Å²) in [5.74, 6) is -5.49. The molecule has 8 bridgehead atoms. The first-order valence-electron chi connectivity index (χ1n) is 15.9. The van der Waals surface area contributed by atoms with E-state index in [2.05, 4.69) is 4.98 Å². The molecule has 9 aliphatic rings. The summed E-state index contributed by atoms with van der Waals surface area (Å²) < 4.78 is 74.3. The van der Waals surface area contributed by atoms with Crippen molar-refractivity contribution < 1.29 is 22.0 Å². The number of aromatic amines is 1. The minimum atomic E-state index is -2.14. The van der Waals surface area contributed by atoms with Crippen LogP contribution in [0, 0.1) is 70.0 Å². The Morgan fingerprint density at radius 2 is 1.05 bits per heavy atom. The Bertz CT molecular complexity index is 1510. The molecule has 2 nitrogen and oxygen atoms in total. The van der Waals surface area contributed by atoms with Crippen LogP contribution in [0.2, 0.25) is 0 Å². The van der Waals surface area contributed by atoms with Gasteiger partial charge in [0.15, 0.2) is 23.3 Å². The average Bonchev–Trinajstić information content (AvgIpc) is 3.63. The summed E-state index contributed by atoms with van der Waals surface area (Å²) in [4.78, 5) is 8.46. The molecule has 8 saturated carbocycles. The van der Waals surface area contributed by atoms with Crippen LogP contribution < -0.4 is 0 Å². The van der Waals surface area contributed by atoms with E-state index in [0.29, 0.717) is 41.2 Å². The highest BCUT2D eigenvalue weighted by Gasteiger charge is 2.54. The Kier molecular flexibility index (Phi) is 5.33. The van der Waals surface area contributed by atoms with Crippen LogP contribution in [0.15, 0.2) is 35.0 Å². The highest BCUT2D eigenvalue weighted by Crippen LogP contribution is 2.62. The molecule has 7 heteroatoms. The van der Waals surface area contributed by atoms with Crippen molar-refractivity contribution in [2.45, 2.75) is 82.5 Å². The summed E-state index contributed by atoms with van der Waals surface area (Å²) in [6, 6.07) is 3.75. The van der Waals surface area contributed by atoms with Gasteiger partial charge in [0.05, 0.1) is 11.3 Å². The molecule has 42 heavy (non-hydrogen) atoms. The summed E-state index contributed by atoms with van der Waals surface area (Å²) in [6.45, 7) is 0. The van der Waals surface area contributed by atoms with Gasteiger partial charge in [-0.1, -0.05) is 0 Å². The minimum Gasteiger partial charge on any atom is -0.358 e. The molecule has 2 aromatic rings. The van der Waals surface area contributed by atoms with Crippen LogP contribution in [0.4, 0.5) is 22.0 Å². The van der Waals surface area contributed by atoms with Gasteiger partial charge in [-0.25, -0.2) is 22.0 Å². The van der Waals surface area contributed by atoms with Gasteiger partial charge in [-0.3, -0.25) is 4.99 Å². The molecule has 1 aliphatic heterocycles. The second-order valence-electron chi connectivity index (χ2n) is 15.2. The van der Waals surface area contributed by atoms with Gasteiger partial charge in [0, 0.05) is 33.5 Å². The monoisotopic (exact) mass is 578 g/mol. The maximum absolute atomic E-state index is 15.5. The molecule has 0 atom stereocenters. The predicted octanol–water partition coefficient (Wildman–Crippen LogP) is 9.16. The smallest absolute Gasteiger partial charge is 0.200 e. The lowest BCUT2D eigenvalue weighted by Gasteiger charge is -2.56. The van der Waals surface area contributed by atoms with Gasteiger partial charge >= 0.3 is 0 Å². The van der Waals surface area contributed by atoms with Gasteiger partial charge in [0.1, 0.15) is 0 Å². The lowest BCUT2D eigenvalue weighted by Crippen LogP contribution is -2.49. The highest BCUT2D eigenvalue weighted by atomic mass is 19.2. The lowest BCUT2D eigenvalue weighted by atomic mass is 9.48. The van der Waals surface area contributed by atoms with Crippen molar-refractivity contribution in [3.63, 3.8) is 0 Å². The van der Waals surface area contributed by atoms with E-state index >= 15 is 8.78 Å². The Hall–Kier alpha value is -2.70. The van der Waals surface area contributed by atoms with Crippen LogP contribution in [0.25, 0.3) is 5.57 Å². The fourth-order valence-corrected chi connectivity index (χ4v) is 11.7. The lowest BCUT2D eigenvalue weighted by molar-refractivity contribution is -0.0117. The zero-order valence-electron chi connectivity index (χ0n) is 23.6. The van der Waals surface area contributed by atoms with Crippen molar-refractivity contribution in [3.05, 3.63) is 76.0 Å². The van der Waals surface area contributed by atoms with E-state index in [4.69, 9.17) is 4.99 Å². The topological polar surface area (TPSA) is 28.1 Å². The third kappa shape index (κ3) is 3.57. The molecular weight excluding hydrogens is 543 g/mol. The fraction of sp³-hybridized carbons (Fsp3) is 0.571. The van der Waals surface area contributed by atoms with E-state index in [1.165, 1.54) is 38.5 Å². The molecule has 11 rings (SSSR count). The highest BCUT2D eigenvalue weighted by molar-refractivity contribution is 6.05. The summed E-state index contributed by atoms with van der Waals surface area (Å²) >= 11 is 0. The molecule has 0 amide bonds. The first-order chi connectivity index (χ1) is 20.2. The van der Waals surface area contributed by atoms with Gasteiger partial charge in [-0.2, -0.15) is 0 Å². The van der Waals surface area contributed by atoms with Crippen LogP contribution in [0.5, 0.6) is 0 Å². The van der Waals surface area contributed by atoms with Crippen molar-refractivity contribution in [2.75, 3.05) is 0 Å². The van der Waals surface area contributed by atoms with E-state index in [1.54, 1.807) is 12.1 Å². The molecular formula is C35H35F5N2. The van der Waals surface area contributed by atoms with Crippen molar-refractivity contribution in [1.29, 1.82) is 0 Å². The number of halogens is 5. The van der Waals surface area contributed by atoms with Crippen molar-refractivity contribution in [1.82, 2.24) is 4.98 Å². The number of nitrogens with zero attached hydrogens (tertiary/aromatic N) is 1. The number of rotatable bonds is 4. The molecule has 1 aromatic carbocycles. The van der Waals surface area contributed by atoms with Crippen molar-refractivity contribution in [2.24, 2.45) is 45.9 Å². The molecule has 2 heterocycles. The van der Waals surface area contributed by atoms with E-state index in [-0.39, 0.29) is 22.1 Å². The molecule has 8 fully saturated rings.